The second-order valence-electron chi connectivity index (χ2n) is 6.36. The molecule has 3 rings (SSSR count). The van der Waals surface area contributed by atoms with Crippen LogP contribution >= 0.6 is 35.6 Å². The maximum atomic E-state index is 6.55. The highest BCUT2D eigenvalue weighted by atomic mass is 35.5. The molecule has 132 valence electrons. The molecule has 0 aliphatic heterocycles. The summed E-state index contributed by atoms with van der Waals surface area (Å²) in [6, 6.07) is 5.23. The Kier molecular flexibility index (Phi) is 5.52. The lowest BCUT2D eigenvalue weighted by Gasteiger charge is -2.56. The maximum absolute atomic E-state index is 6.55. The van der Waals surface area contributed by atoms with E-state index in [-0.39, 0.29) is 23.9 Å². The van der Waals surface area contributed by atoms with E-state index in [1.165, 1.54) is 0 Å². The molecule has 1 aliphatic carbocycles. The first-order valence-electron chi connectivity index (χ1n) is 7.50. The average molecular weight is 393 g/mol. The molecule has 1 aliphatic rings. The van der Waals surface area contributed by atoms with Crippen LogP contribution in [0.15, 0.2) is 22.7 Å². The van der Waals surface area contributed by atoms with Crippen LogP contribution in [0.4, 0.5) is 0 Å². The van der Waals surface area contributed by atoms with E-state index < -0.39 is 5.54 Å². The summed E-state index contributed by atoms with van der Waals surface area (Å²) in [5.74, 6) is 0.723. The van der Waals surface area contributed by atoms with E-state index in [1.54, 1.807) is 18.2 Å². The Morgan fingerprint density at radius 3 is 2.50 bits per heavy atom. The number of hydrogen-bond acceptors (Lipinski definition) is 5. The molecule has 1 fully saturated rings. The van der Waals surface area contributed by atoms with Gasteiger partial charge in [0.1, 0.15) is 5.54 Å². The van der Waals surface area contributed by atoms with Crippen LogP contribution in [0.25, 0.3) is 11.4 Å². The summed E-state index contributed by atoms with van der Waals surface area (Å²) in [5.41, 5.74) is 6.06. The van der Waals surface area contributed by atoms with Gasteiger partial charge in [-0.1, -0.05) is 48.3 Å². The molecular formula is C16H20Cl3N3O2. The molecular weight excluding hydrogens is 373 g/mol. The Hall–Kier alpha value is -0.850. The van der Waals surface area contributed by atoms with Crippen molar-refractivity contribution in [2.24, 2.45) is 11.1 Å². The first kappa shape index (κ1) is 19.5. The zero-order valence-electron chi connectivity index (χ0n) is 13.7. The van der Waals surface area contributed by atoms with E-state index in [4.69, 9.17) is 38.2 Å². The highest BCUT2D eigenvalue weighted by molar-refractivity contribution is 6.38. The molecule has 2 unspecified atom stereocenters. The lowest BCUT2D eigenvalue weighted by Crippen LogP contribution is -2.67. The molecule has 2 N–H and O–H groups in total. The molecule has 1 aromatic heterocycles. The first-order chi connectivity index (χ1) is 10.8. The van der Waals surface area contributed by atoms with Crippen molar-refractivity contribution in [2.45, 2.75) is 38.8 Å². The predicted octanol–water partition coefficient (Wildman–Crippen LogP) is 4.45. The molecule has 0 amide bonds. The van der Waals surface area contributed by atoms with Crippen LogP contribution in [0.5, 0.6) is 0 Å². The van der Waals surface area contributed by atoms with Gasteiger partial charge in [0, 0.05) is 18.4 Å². The minimum atomic E-state index is -0.730. The van der Waals surface area contributed by atoms with Gasteiger partial charge in [0.25, 0.3) is 0 Å². The number of hydrogen-bond donors (Lipinski definition) is 1. The molecule has 2 atom stereocenters. The van der Waals surface area contributed by atoms with E-state index in [0.29, 0.717) is 40.4 Å². The number of halogens is 3. The second kappa shape index (κ2) is 6.81. The average Bonchev–Trinajstić information content (AvgIpc) is 2.96. The highest BCUT2D eigenvalue weighted by Crippen LogP contribution is 2.55. The molecule has 24 heavy (non-hydrogen) atoms. The van der Waals surface area contributed by atoms with Gasteiger partial charge in [-0.05, 0) is 19.1 Å². The van der Waals surface area contributed by atoms with Crippen LogP contribution in [0.3, 0.4) is 0 Å². The zero-order chi connectivity index (χ0) is 16.8. The normalized spacial score (nSPS) is 25.0. The molecule has 1 saturated carbocycles. The summed E-state index contributed by atoms with van der Waals surface area (Å²) in [4.78, 5) is 4.46. The van der Waals surface area contributed by atoms with Crippen LogP contribution in [-0.4, -0.2) is 22.9 Å². The lowest BCUT2D eigenvalue weighted by molar-refractivity contribution is -0.162. The van der Waals surface area contributed by atoms with Gasteiger partial charge >= 0.3 is 0 Å². The summed E-state index contributed by atoms with van der Waals surface area (Å²) >= 11 is 12.4. The Bertz CT molecular complexity index is 715. The van der Waals surface area contributed by atoms with Gasteiger partial charge in [0.2, 0.25) is 11.7 Å². The Balaban J connectivity index is 0.00000208. The first-order valence-corrected chi connectivity index (χ1v) is 8.26. The standard InChI is InChI=1S/C16H19Cl2N3O2.ClH/c1-4-22-11-8-16(19,15(11,2)3)14-20-13(21-23-14)12-9(17)6-5-7-10(12)18;/h5-7,11H,4,8,19H2,1-3H3;1H. The quantitative estimate of drug-likeness (QED) is 0.831. The van der Waals surface area contributed by atoms with Gasteiger partial charge in [-0.15, -0.1) is 12.4 Å². The van der Waals surface area contributed by atoms with Crippen molar-refractivity contribution in [1.29, 1.82) is 0 Å². The molecule has 8 heteroatoms. The van der Waals surface area contributed by atoms with Crippen molar-refractivity contribution in [3.63, 3.8) is 0 Å². The Morgan fingerprint density at radius 1 is 1.33 bits per heavy atom. The third kappa shape index (κ3) is 2.82. The number of nitrogens with zero attached hydrogens (tertiary/aromatic N) is 2. The highest BCUT2D eigenvalue weighted by Gasteiger charge is 2.62. The van der Waals surface area contributed by atoms with Crippen LogP contribution in [0.2, 0.25) is 10.0 Å². The molecule has 0 bridgehead atoms. The minimum absolute atomic E-state index is 0. The Morgan fingerprint density at radius 2 is 1.96 bits per heavy atom. The van der Waals surface area contributed by atoms with Crippen molar-refractivity contribution >= 4 is 35.6 Å². The van der Waals surface area contributed by atoms with Crippen molar-refractivity contribution in [3.8, 4) is 11.4 Å². The smallest absolute Gasteiger partial charge is 0.247 e. The number of benzene rings is 1. The largest absolute Gasteiger partial charge is 0.378 e. The molecule has 0 saturated heterocycles. The van der Waals surface area contributed by atoms with Gasteiger partial charge < -0.3 is 15.0 Å². The SMILES string of the molecule is CCOC1CC(N)(c2nc(-c3c(Cl)cccc3Cl)no2)C1(C)C.Cl. The van der Waals surface area contributed by atoms with Crippen molar-refractivity contribution in [2.75, 3.05) is 6.61 Å². The fourth-order valence-electron chi connectivity index (χ4n) is 3.02. The number of rotatable bonds is 4. The molecule has 0 spiro atoms. The molecule has 0 radical (unpaired) electrons. The number of aromatic nitrogens is 2. The molecule has 5 nitrogen and oxygen atoms in total. The van der Waals surface area contributed by atoms with Crippen LogP contribution < -0.4 is 5.73 Å². The van der Waals surface area contributed by atoms with Crippen molar-refractivity contribution in [3.05, 3.63) is 34.1 Å². The van der Waals surface area contributed by atoms with E-state index in [0.717, 1.165) is 0 Å². The lowest BCUT2D eigenvalue weighted by atomic mass is 9.54. The van der Waals surface area contributed by atoms with Gasteiger partial charge in [0.15, 0.2) is 0 Å². The Labute approximate surface area is 157 Å². The predicted molar refractivity (Wildman–Crippen MR) is 96.7 cm³/mol. The van der Waals surface area contributed by atoms with Crippen molar-refractivity contribution in [1.82, 2.24) is 10.1 Å². The summed E-state index contributed by atoms with van der Waals surface area (Å²) in [6.07, 6.45) is 0.697. The van der Waals surface area contributed by atoms with E-state index >= 15 is 0 Å². The van der Waals surface area contributed by atoms with Crippen LogP contribution in [0, 0.1) is 5.41 Å². The monoisotopic (exact) mass is 391 g/mol. The maximum Gasteiger partial charge on any atom is 0.247 e. The molecule has 1 heterocycles. The van der Waals surface area contributed by atoms with Gasteiger partial charge in [-0.3, -0.25) is 0 Å². The van der Waals surface area contributed by atoms with Crippen LogP contribution in [-0.2, 0) is 10.3 Å². The fraction of sp³-hybridized carbons (Fsp3) is 0.500. The summed E-state index contributed by atoms with van der Waals surface area (Å²) in [7, 11) is 0. The summed E-state index contributed by atoms with van der Waals surface area (Å²) in [5, 5.41) is 4.95. The van der Waals surface area contributed by atoms with Gasteiger partial charge in [-0.2, -0.15) is 4.98 Å². The van der Waals surface area contributed by atoms with Gasteiger partial charge in [-0.25, -0.2) is 0 Å². The van der Waals surface area contributed by atoms with Crippen molar-refractivity contribution < 1.29 is 9.26 Å². The second-order valence-corrected chi connectivity index (χ2v) is 7.18. The number of ether oxygens (including phenoxy) is 1. The minimum Gasteiger partial charge on any atom is -0.378 e. The van der Waals surface area contributed by atoms with E-state index in [2.05, 4.69) is 10.1 Å². The zero-order valence-corrected chi connectivity index (χ0v) is 16.0. The number of nitrogens with two attached hydrogens (primary N) is 1. The molecule has 1 aromatic carbocycles. The van der Waals surface area contributed by atoms with Gasteiger partial charge in [0.05, 0.1) is 21.7 Å². The summed E-state index contributed by atoms with van der Waals surface area (Å²) in [6.45, 7) is 6.71. The fourth-order valence-corrected chi connectivity index (χ4v) is 3.58. The third-order valence-corrected chi connectivity index (χ3v) is 5.45. The molecule has 2 aromatic rings. The van der Waals surface area contributed by atoms with E-state index in [1.807, 2.05) is 20.8 Å². The van der Waals surface area contributed by atoms with Crippen LogP contribution in [0.1, 0.15) is 33.1 Å². The van der Waals surface area contributed by atoms with E-state index in [9.17, 15) is 0 Å². The summed E-state index contributed by atoms with van der Waals surface area (Å²) < 4.78 is 11.2. The third-order valence-electron chi connectivity index (χ3n) is 4.82. The topological polar surface area (TPSA) is 74.2 Å².